The minimum Gasteiger partial charge on any atom is -0.254 e. The molecular formula is C14H20N4Si. The Labute approximate surface area is 115 Å². The van der Waals surface area contributed by atoms with Gasteiger partial charge in [0.2, 0.25) is 0 Å². The van der Waals surface area contributed by atoms with E-state index in [1.54, 1.807) is 0 Å². The summed E-state index contributed by atoms with van der Waals surface area (Å²) in [6.45, 7) is 10.9. The summed E-state index contributed by atoms with van der Waals surface area (Å²) in [4.78, 5) is 4.56. The molecule has 0 spiro atoms. The van der Waals surface area contributed by atoms with Crippen LogP contribution in [0.2, 0.25) is 19.6 Å². The van der Waals surface area contributed by atoms with Gasteiger partial charge in [-0.15, -0.1) is 0 Å². The summed E-state index contributed by atoms with van der Waals surface area (Å²) in [5.41, 5.74) is 4.23. The van der Waals surface area contributed by atoms with E-state index in [0.29, 0.717) is 0 Å². The standard InChI is InChI=1S/C14H20N4Si/c1-10-6-7-11(2)12(8-10)15-9-13-14(17-18-16-13)19(3,4)5/h6-9H,1-5H3,(H,16,17,18). The Morgan fingerprint density at radius 3 is 2.58 bits per heavy atom. The van der Waals surface area contributed by atoms with Gasteiger partial charge in [0, 0.05) is 0 Å². The molecule has 0 fully saturated rings. The predicted molar refractivity (Wildman–Crippen MR) is 82.5 cm³/mol. The van der Waals surface area contributed by atoms with Crippen molar-refractivity contribution in [2.45, 2.75) is 33.5 Å². The van der Waals surface area contributed by atoms with Crippen molar-refractivity contribution in [3.63, 3.8) is 0 Å². The second kappa shape index (κ2) is 5.09. The fourth-order valence-corrected chi connectivity index (χ4v) is 3.14. The minimum absolute atomic E-state index is 0.861. The van der Waals surface area contributed by atoms with E-state index in [9.17, 15) is 0 Å². The van der Waals surface area contributed by atoms with Crippen molar-refractivity contribution < 1.29 is 0 Å². The number of benzene rings is 1. The first kappa shape index (κ1) is 13.7. The zero-order valence-electron chi connectivity index (χ0n) is 12.2. The third-order valence-corrected chi connectivity index (χ3v) is 4.76. The van der Waals surface area contributed by atoms with E-state index < -0.39 is 8.07 Å². The van der Waals surface area contributed by atoms with Gasteiger partial charge in [-0.3, -0.25) is 4.99 Å². The summed E-state index contributed by atoms with van der Waals surface area (Å²) in [7, 11) is -1.48. The minimum atomic E-state index is -1.48. The first-order valence-electron chi connectivity index (χ1n) is 6.40. The number of aromatic nitrogens is 3. The molecule has 19 heavy (non-hydrogen) atoms. The van der Waals surface area contributed by atoms with Gasteiger partial charge in [-0.25, -0.2) is 0 Å². The largest absolute Gasteiger partial charge is 0.254 e. The third-order valence-electron chi connectivity index (χ3n) is 2.98. The van der Waals surface area contributed by atoms with Crippen molar-refractivity contribution in [3.8, 4) is 0 Å². The highest BCUT2D eigenvalue weighted by Gasteiger charge is 2.23. The van der Waals surface area contributed by atoms with Crippen LogP contribution in [0.1, 0.15) is 16.8 Å². The maximum atomic E-state index is 4.56. The van der Waals surface area contributed by atoms with Gasteiger partial charge in [0.1, 0.15) is 13.8 Å². The van der Waals surface area contributed by atoms with Gasteiger partial charge in [-0.2, -0.15) is 15.4 Å². The van der Waals surface area contributed by atoms with Crippen molar-refractivity contribution in [2.75, 3.05) is 0 Å². The molecule has 4 nitrogen and oxygen atoms in total. The lowest BCUT2D eigenvalue weighted by atomic mass is 10.1. The highest BCUT2D eigenvalue weighted by Crippen LogP contribution is 2.19. The zero-order chi connectivity index (χ0) is 14.0. The number of rotatable bonds is 3. The quantitative estimate of drug-likeness (QED) is 0.690. The second-order valence-electron chi connectivity index (χ2n) is 5.86. The molecule has 0 bridgehead atoms. The van der Waals surface area contributed by atoms with Gasteiger partial charge in [0.05, 0.1) is 17.2 Å². The topological polar surface area (TPSA) is 53.9 Å². The Balaban J connectivity index is 2.34. The molecule has 2 rings (SSSR count). The summed E-state index contributed by atoms with van der Waals surface area (Å²) in [5.74, 6) is 0. The molecule has 0 aliphatic rings. The first-order valence-corrected chi connectivity index (χ1v) is 9.90. The third kappa shape index (κ3) is 3.17. The van der Waals surface area contributed by atoms with Crippen LogP contribution in [-0.4, -0.2) is 29.7 Å². The molecule has 0 atom stereocenters. The molecule has 2 aromatic rings. The number of H-pyrrole nitrogens is 1. The second-order valence-corrected chi connectivity index (χ2v) is 10.8. The van der Waals surface area contributed by atoms with Crippen LogP contribution in [0.3, 0.4) is 0 Å². The molecule has 0 aliphatic heterocycles. The maximum Gasteiger partial charge on any atom is 0.122 e. The monoisotopic (exact) mass is 272 g/mol. The van der Waals surface area contributed by atoms with Crippen LogP contribution in [0.4, 0.5) is 5.69 Å². The summed E-state index contributed by atoms with van der Waals surface area (Å²) >= 11 is 0. The lowest BCUT2D eigenvalue weighted by molar-refractivity contribution is 0.942. The van der Waals surface area contributed by atoms with E-state index in [0.717, 1.165) is 16.7 Å². The molecule has 1 aromatic carbocycles. The highest BCUT2D eigenvalue weighted by atomic mass is 28.3. The number of aryl methyl sites for hydroxylation is 2. The first-order chi connectivity index (χ1) is 8.88. The summed E-state index contributed by atoms with van der Waals surface area (Å²) in [6, 6.07) is 6.27. The van der Waals surface area contributed by atoms with Gasteiger partial charge in [-0.05, 0) is 31.0 Å². The molecule has 1 N–H and O–H groups in total. The van der Waals surface area contributed by atoms with Gasteiger partial charge in [0.15, 0.2) is 0 Å². The van der Waals surface area contributed by atoms with Crippen LogP contribution in [0.15, 0.2) is 23.2 Å². The van der Waals surface area contributed by atoms with Crippen LogP contribution in [0.5, 0.6) is 0 Å². The smallest absolute Gasteiger partial charge is 0.122 e. The maximum absolute atomic E-state index is 4.56. The van der Waals surface area contributed by atoms with E-state index in [2.05, 4.69) is 72.1 Å². The average molecular weight is 272 g/mol. The van der Waals surface area contributed by atoms with Gasteiger partial charge in [-0.1, -0.05) is 31.8 Å². The van der Waals surface area contributed by atoms with Crippen molar-refractivity contribution in [3.05, 3.63) is 35.0 Å². The highest BCUT2D eigenvalue weighted by molar-refractivity contribution is 6.88. The Morgan fingerprint density at radius 1 is 1.16 bits per heavy atom. The number of hydrogen-bond donors (Lipinski definition) is 1. The molecule has 100 valence electrons. The summed E-state index contributed by atoms with van der Waals surface area (Å²) < 4.78 is 0. The van der Waals surface area contributed by atoms with E-state index >= 15 is 0 Å². The molecule has 0 saturated carbocycles. The molecule has 0 radical (unpaired) electrons. The van der Waals surface area contributed by atoms with Crippen LogP contribution < -0.4 is 5.32 Å². The van der Waals surface area contributed by atoms with E-state index in [1.807, 2.05) is 6.21 Å². The van der Waals surface area contributed by atoms with Gasteiger partial charge < -0.3 is 0 Å². The Hall–Kier alpha value is -1.75. The van der Waals surface area contributed by atoms with E-state index in [4.69, 9.17) is 0 Å². The molecular weight excluding hydrogens is 252 g/mol. The normalized spacial score (nSPS) is 12.3. The molecule has 0 unspecified atom stereocenters. The number of nitrogens with zero attached hydrogens (tertiary/aromatic N) is 3. The van der Waals surface area contributed by atoms with Gasteiger partial charge in [0.25, 0.3) is 0 Å². The molecule has 1 heterocycles. The van der Waals surface area contributed by atoms with Crippen LogP contribution in [-0.2, 0) is 0 Å². The fourth-order valence-electron chi connectivity index (χ4n) is 1.87. The lowest BCUT2D eigenvalue weighted by Gasteiger charge is -2.11. The number of hydrogen-bond acceptors (Lipinski definition) is 3. The van der Waals surface area contributed by atoms with Crippen LogP contribution in [0, 0.1) is 13.8 Å². The lowest BCUT2D eigenvalue weighted by Crippen LogP contribution is -2.41. The van der Waals surface area contributed by atoms with E-state index in [1.165, 1.54) is 11.1 Å². The zero-order valence-corrected chi connectivity index (χ0v) is 13.2. The molecule has 0 amide bonds. The van der Waals surface area contributed by atoms with Crippen molar-refractivity contribution >= 4 is 25.3 Å². The van der Waals surface area contributed by atoms with Crippen LogP contribution >= 0.6 is 0 Å². The van der Waals surface area contributed by atoms with Crippen molar-refractivity contribution in [2.24, 2.45) is 4.99 Å². The SMILES string of the molecule is Cc1ccc(C)c(N=Cc2n[nH]nc2[Si](C)(C)C)c1. The Kier molecular flexibility index (Phi) is 3.66. The molecule has 5 heteroatoms. The van der Waals surface area contributed by atoms with E-state index in [-0.39, 0.29) is 0 Å². The summed E-state index contributed by atoms with van der Waals surface area (Å²) in [6.07, 6.45) is 1.82. The van der Waals surface area contributed by atoms with Crippen molar-refractivity contribution in [1.82, 2.24) is 15.4 Å². The number of aliphatic imine (C=N–C) groups is 1. The predicted octanol–water partition coefficient (Wildman–Crippen LogP) is 2.72. The van der Waals surface area contributed by atoms with Crippen LogP contribution in [0.25, 0.3) is 0 Å². The van der Waals surface area contributed by atoms with Crippen molar-refractivity contribution in [1.29, 1.82) is 0 Å². The fraction of sp³-hybridized carbons (Fsp3) is 0.357. The average Bonchev–Trinajstić information content (AvgIpc) is 2.78. The number of aromatic amines is 1. The summed E-state index contributed by atoms with van der Waals surface area (Å²) in [5, 5.41) is 12.3. The molecule has 0 saturated heterocycles. The Bertz CT molecular complexity index is 608. The molecule has 0 aliphatic carbocycles. The number of nitrogens with one attached hydrogen (secondary N) is 1. The molecule has 1 aromatic heterocycles. The van der Waals surface area contributed by atoms with Gasteiger partial charge >= 0.3 is 0 Å². The Morgan fingerprint density at radius 2 is 1.89 bits per heavy atom.